The van der Waals surface area contributed by atoms with Crippen LogP contribution in [0.15, 0.2) is 18.2 Å². The van der Waals surface area contributed by atoms with Crippen LogP contribution in [0.2, 0.25) is 5.02 Å². The van der Waals surface area contributed by atoms with Gasteiger partial charge in [0.1, 0.15) is 17.5 Å². The Morgan fingerprint density at radius 2 is 1.92 bits per heavy atom. The number of carbonyl (C=O) groups is 2. The smallest absolute Gasteiger partial charge is 0.408 e. The second-order valence-electron chi connectivity index (χ2n) is 8.22. The number of carboxylic acid groups (broad SMARTS) is 1. The van der Waals surface area contributed by atoms with E-state index in [0.29, 0.717) is 19.3 Å². The van der Waals surface area contributed by atoms with Gasteiger partial charge < -0.3 is 15.2 Å². The molecule has 1 unspecified atom stereocenters. The summed E-state index contributed by atoms with van der Waals surface area (Å²) in [6.45, 7) is 5.15. The van der Waals surface area contributed by atoms with E-state index in [9.17, 15) is 19.1 Å². The molecule has 3 fully saturated rings. The fourth-order valence-electron chi connectivity index (χ4n) is 4.21. The Hall–Kier alpha value is -1.82. The Morgan fingerprint density at radius 3 is 2.40 bits per heavy atom. The van der Waals surface area contributed by atoms with Crippen molar-refractivity contribution < 1.29 is 23.8 Å². The van der Waals surface area contributed by atoms with Crippen LogP contribution < -0.4 is 5.32 Å². The van der Waals surface area contributed by atoms with Gasteiger partial charge in [0.15, 0.2) is 0 Å². The molecule has 0 aromatic heterocycles. The Kier molecular flexibility index (Phi) is 4.02. The minimum Gasteiger partial charge on any atom is -0.480 e. The predicted molar refractivity (Wildman–Crippen MR) is 90.2 cm³/mol. The molecule has 1 amide bonds. The van der Waals surface area contributed by atoms with E-state index in [0.717, 1.165) is 5.56 Å². The number of hydrogen-bond donors (Lipinski definition) is 2. The zero-order chi connectivity index (χ0) is 18.6. The third-order valence-electron chi connectivity index (χ3n) is 5.12. The van der Waals surface area contributed by atoms with Crippen LogP contribution in [0.25, 0.3) is 0 Å². The van der Waals surface area contributed by atoms with Crippen LogP contribution in [-0.2, 0) is 14.9 Å². The van der Waals surface area contributed by atoms with E-state index < -0.39 is 34.9 Å². The maximum atomic E-state index is 13.7. The summed E-state index contributed by atoms with van der Waals surface area (Å²) in [5.74, 6) is -1.55. The number of carbonyl (C=O) groups excluding carboxylic acids is 1. The van der Waals surface area contributed by atoms with Crippen LogP contribution >= 0.6 is 11.6 Å². The number of halogens is 2. The highest BCUT2D eigenvalue weighted by Crippen LogP contribution is 2.75. The van der Waals surface area contributed by atoms with Crippen molar-refractivity contribution in [2.45, 2.75) is 57.1 Å². The second kappa shape index (κ2) is 5.59. The summed E-state index contributed by atoms with van der Waals surface area (Å²) >= 11 is 5.72. The molecule has 3 saturated carbocycles. The molecule has 5 nitrogen and oxygen atoms in total. The Labute approximate surface area is 150 Å². The molecule has 136 valence electrons. The summed E-state index contributed by atoms with van der Waals surface area (Å²) < 4.78 is 18.9. The summed E-state index contributed by atoms with van der Waals surface area (Å²) in [4.78, 5) is 23.6. The SMILES string of the molecule is CC(C)(C)OC(=O)NC(C(=O)O)C12CC(c3ccc(Cl)c(F)c3)(C1)C2. The van der Waals surface area contributed by atoms with E-state index in [1.807, 2.05) is 0 Å². The molecule has 7 heteroatoms. The van der Waals surface area contributed by atoms with Crippen LogP contribution in [0.4, 0.5) is 9.18 Å². The van der Waals surface area contributed by atoms with Crippen molar-refractivity contribution in [1.29, 1.82) is 0 Å². The first-order valence-corrected chi connectivity index (χ1v) is 8.52. The van der Waals surface area contributed by atoms with Crippen LogP contribution in [0.3, 0.4) is 0 Å². The van der Waals surface area contributed by atoms with Crippen molar-refractivity contribution in [1.82, 2.24) is 5.32 Å². The lowest BCUT2D eigenvalue weighted by Crippen LogP contribution is -2.73. The van der Waals surface area contributed by atoms with E-state index in [1.54, 1.807) is 26.8 Å². The van der Waals surface area contributed by atoms with Crippen LogP contribution in [0.5, 0.6) is 0 Å². The molecule has 1 aromatic rings. The van der Waals surface area contributed by atoms with E-state index in [2.05, 4.69) is 5.32 Å². The minimum atomic E-state index is -1.08. The lowest BCUT2D eigenvalue weighted by molar-refractivity contribution is -0.183. The van der Waals surface area contributed by atoms with Gasteiger partial charge in [-0.2, -0.15) is 0 Å². The second-order valence-corrected chi connectivity index (χ2v) is 8.63. The number of rotatable bonds is 4. The molecule has 0 heterocycles. The van der Waals surface area contributed by atoms with E-state index >= 15 is 0 Å². The molecule has 0 spiro atoms. The molecule has 0 aliphatic heterocycles. The number of carboxylic acids is 1. The van der Waals surface area contributed by atoms with Gasteiger partial charge in [0, 0.05) is 5.41 Å². The predicted octanol–water partition coefficient (Wildman–Crippen LogP) is 3.88. The minimum absolute atomic E-state index is 0.0695. The zero-order valence-electron chi connectivity index (χ0n) is 14.4. The van der Waals surface area contributed by atoms with Crippen LogP contribution in [0, 0.1) is 11.2 Å². The largest absolute Gasteiger partial charge is 0.480 e. The lowest BCUT2D eigenvalue weighted by atomic mass is 9.31. The first-order valence-electron chi connectivity index (χ1n) is 8.14. The lowest BCUT2D eigenvalue weighted by Gasteiger charge is -2.72. The number of amides is 1. The van der Waals surface area contributed by atoms with Gasteiger partial charge in [-0.05, 0) is 63.1 Å². The number of hydrogen-bond acceptors (Lipinski definition) is 3. The molecule has 1 atom stereocenters. The summed E-state index contributed by atoms with van der Waals surface area (Å²) in [6, 6.07) is 3.71. The van der Waals surface area contributed by atoms with Crippen molar-refractivity contribution in [3.8, 4) is 0 Å². The number of aliphatic carboxylic acids is 1. The maximum absolute atomic E-state index is 13.7. The van der Waals surface area contributed by atoms with Crippen molar-refractivity contribution >= 4 is 23.7 Å². The highest BCUT2D eigenvalue weighted by atomic mass is 35.5. The average Bonchev–Trinajstić information content (AvgIpc) is 2.36. The third-order valence-corrected chi connectivity index (χ3v) is 5.43. The highest BCUT2D eigenvalue weighted by Gasteiger charge is 2.72. The van der Waals surface area contributed by atoms with Gasteiger partial charge in [-0.1, -0.05) is 17.7 Å². The Bertz CT molecular complexity index is 723. The van der Waals surface area contributed by atoms with Gasteiger partial charge in [-0.15, -0.1) is 0 Å². The quantitative estimate of drug-likeness (QED) is 0.844. The first kappa shape index (κ1) is 18.0. The number of alkyl carbamates (subject to hydrolysis) is 1. The average molecular weight is 370 g/mol. The standard InChI is InChI=1S/C18H21ClFNO4/c1-16(2,3)25-15(24)21-13(14(22)23)18-7-17(8-18,9-18)10-4-5-11(19)12(20)6-10/h4-6,13H,7-9H2,1-3H3,(H,21,24)(H,22,23). The maximum Gasteiger partial charge on any atom is 0.408 e. The summed E-state index contributed by atoms with van der Waals surface area (Å²) in [7, 11) is 0. The molecule has 4 rings (SSSR count). The molecule has 25 heavy (non-hydrogen) atoms. The Balaban J connectivity index is 1.70. The molecule has 2 bridgehead atoms. The summed E-state index contributed by atoms with van der Waals surface area (Å²) in [6.07, 6.45) is 1.03. The molecule has 0 saturated heterocycles. The van der Waals surface area contributed by atoms with Gasteiger partial charge in [0.05, 0.1) is 5.02 Å². The van der Waals surface area contributed by atoms with Gasteiger partial charge in [-0.3, -0.25) is 0 Å². The van der Waals surface area contributed by atoms with Gasteiger partial charge in [-0.25, -0.2) is 14.0 Å². The summed E-state index contributed by atoms with van der Waals surface area (Å²) in [5.41, 5.74) is -0.583. The molecule has 3 aliphatic rings. The Morgan fingerprint density at radius 1 is 1.32 bits per heavy atom. The number of ether oxygens (including phenoxy) is 1. The van der Waals surface area contributed by atoms with Crippen molar-refractivity contribution in [3.05, 3.63) is 34.6 Å². The molecular formula is C18H21ClFNO4. The van der Waals surface area contributed by atoms with Crippen molar-refractivity contribution in [3.63, 3.8) is 0 Å². The molecule has 2 N–H and O–H groups in total. The molecule has 3 aliphatic carbocycles. The molecular weight excluding hydrogens is 349 g/mol. The first-order chi connectivity index (χ1) is 11.5. The third kappa shape index (κ3) is 3.08. The molecule has 0 radical (unpaired) electrons. The number of benzene rings is 1. The van der Waals surface area contributed by atoms with Gasteiger partial charge in [0.2, 0.25) is 0 Å². The monoisotopic (exact) mass is 369 g/mol. The van der Waals surface area contributed by atoms with Crippen molar-refractivity contribution in [2.75, 3.05) is 0 Å². The van der Waals surface area contributed by atoms with Crippen LogP contribution in [-0.4, -0.2) is 28.8 Å². The number of nitrogens with one attached hydrogen (secondary N) is 1. The van der Waals surface area contributed by atoms with Crippen molar-refractivity contribution in [2.24, 2.45) is 5.41 Å². The normalized spacial score (nSPS) is 28.4. The fourth-order valence-corrected chi connectivity index (χ4v) is 4.32. The molecule has 1 aromatic carbocycles. The van der Waals surface area contributed by atoms with E-state index in [4.69, 9.17) is 16.3 Å². The highest BCUT2D eigenvalue weighted by molar-refractivity contribution is 6.30. The topological polar surface area (TPSA) is 75.6 Å². The van der Waals surface area contributed by atoms with Crippen LogP contribution in [0.1, 0.15) is 45.6 Å². The van der Waals surface area contributed by atoms with Gasteiger partial charge in [0.25, 0.3) is 0 Å². The van der Waals surface area contributed by atoms with Gasteiger partial charge >= 0.3 is 12.1 Å². The van der Waals surface area contributed by atoms with E-state index in [-0.39, 0.29) is 10.4 Å². The van der Waals surface area contributed by atoms with E-state index in [1.165, 1.54) is 12.1 Å². The zero-order valence-corrected chi connectivity index (χ0v) is 15.1. The fraction of sp³-hybridized carbons (Fsp3) is 0.556. The summed E-state index contributed by atoms with van der Waals surface area (Å²) in [5, 5.41) is 12.1.